The van der Waals surface area contributed by atoms with Gasteiger partial charge in [0, 0.05) is 18.8 Å². The van der Waals surface area contributed by atoms with Crippen molar-refractivity contribution in [3.05, 3.63) is 35.5 Å². The molecule has 0 bridgehead atoms. The van der Waals surface area contributed by atoms with Gasteiger partial charge in [-0.3, -0.25) is 5.32 Å². The molecule has 24 heavy (non-hydrogen) atoms. The minimum Gasteiger partial charge on any atom is -0.366 e. The molecule has 8 nitrogen and oxygen atoms in total. The second-order valence-corrected chi connectivity index (χ2v) is 5.88. The number of pyridine rings is 1. The maximum absolute atomic E-state index is 12.5. The van der Waals surface area contributed by atoms with Gasteiger partial charge in [-0.05, 0) is 38.5 Å². The highest BCUT2D eigenvalue weighted by Crippen LogP contribution is 2.21. The van der Waals surface area contributed by atoms with Crippen molar-refractivity contribution in [2.24, 2.45) is 0 Å². The van der Waals surface area contributed by atoms with Crippen molar-refractivity contribution in [3.8, 4) is 0 Å². The highest BCUT2D eigenvalue weighted by Gasteiger charge is 2.28. The Balaban J connectivity index is 1.69. The van der Waals surface area contributed by atoms with E-state index in [2.05, 4.69) is 20.5 Å². The zero-order valence-electron chi connectivity index (χ0n) is 14.2. The molecule has 3 heterocycles. The average Bonchev–Trinajstić information content (AvgIpc) is 3.02. The topological polar surface area (TPSA) is 85.2 Å². The molecule has 0 spiro atoms. The number of aromatic nitrogens is 4. The number of carbonyl (C=O) groups is 1. The van der Waals surface area contributed by atoms with E-state index in [9.17, 15) is 4.79 Å². The first-order chi connectivity index (χ1) is 11.6. The third kappa shape index (κ3) is 3.53. The zero-order valence-corrected chi connectivity index (χ0v) is 14.2. The molecule has 1 unspecified atom stereocenters. The van der Waals surface area contributed by atoms with Crippen LogP contribution in [0.25, 0.3) is 0 Å². The molecule has 1 saturated heterocycles. The van der Waals surface area contributed by atoms with E-state index in [4.69, 9.17) is 4.74 Å². The Morgan fingerprint density at radius 1 is 1.42 bits per heavy atom. The van der Waals surface area contributed by atoms with E-state index in [1.54, 1.807) is 11.2 Å². The third-order valence-corrected chi connectivity index (χ3v) is 3.96. The van der Waals surface area contributed by atoms with Gasteiger partial charge in [-0.15, -0.1) is 10.2 Å². The molecule has 1 fully saturated rings. The first-order valence-electron chi connectivity index (χ1n) is 8.07. The van der Waals surface area contributed by atoms with Crippen LogP contribution < -0.4 is 5.32 Å². The predicted molar refractivity (Wildman–Crippen MR) is 88.7 cm³/mol. The Labute approximate surface area is 140 Å². The number of nitrogens with one attached hydrogen (secondary N) is 1. The van der Waals surface area contributed by atoms with Gasteiger partial charge in [-0.25, -0.2) is 9.78 Å². The second-order valence-electron chi connectivity index (χ2n) is 5.88. The average molecular weight is 330 g/mol. The lowest BCUT2D eigenvalue weighted by atomic mass is 10.2. The van der Waals surface area contributed by atoms with Gasteiger partial charge in [0.1, 0.15) is 18.2 Å². The van der Waals surface area contributed by atoms with Crippen LogP contribution in [0.5, 0.6) is 0 Å². The number of amides is 2. The van der Waals surface area contributed by atoms with Crippen LogP contribution in [-0.2, 0) is 11.3 Å². The molecule has 2 aromatic rings. The lowest BCUT2D eigenvalue weighted by molar-refractivity contribution is -0.0199. The van der Waals surface area contributed by atoms with Crippen LogP contribution in [0.15, 0.2) is 18.5 Å². The Morgan fingerprint density at radius 3 is 3.00 bits per heavy atom. The number of rotatable bonds is 3. The van der Waals surface area contributed by atoms with Crippen molar-refractivity contribution in [3.63, 3.8) is 0 Å². The number of aryl methyl sites for hydroxylation is 3. The van der Waals surface area contributed by atoms with Crippen molar-refractivity contribution < 1.29 is 9.53 Å². The monoisotopic (exact) mass is 330 g/mol. The van der Waals surface area contributed by atoms with Gasteiger partial charge in [-0.2, -0.15) is 0 Å². The number of nitrogens with zero attached hydrogens (tertiary/aromatic N) is 5. The molecule has 1 aliphatic heterocycles. The second kappa shape index (κ2) is 6.96. The normalized spacial score (nSPS) is 17.8. The van der Waals surface area contributed by atoms with Crippen molar-refractivity contribution in [2.45, 2.75) is 33.4 Å². The van der Waals surface area contributed by atoms with Crippen LogP contribution in [0, 0.1) is 13.8 Å². The summed E-state index contributed by atoms with van der Waals surface area (Å²) in [6.07, 6.45) is 1.41. The molecule has 8 heteroatoms. The Kier molecular flexibility index (Phi) is 4.75. The Hall–Kier alpha value is -2.48. The molecule has 128 valence electrons. The number of anilines is 1. The highest BCUT2D eigenvalue weighted by molar-refractivity contribution is 5.88. The third-order valence-electron chi connectivity index (χ3n) is 3.96. The van der Waals surface area contributed by atoms with Crippen molar-refractivity contribution in [1.82, 2.24) is 24.6 Å². The van der Waals surface area contributed by atoms with Crippen molar-refractivity contribution in [1.29, 1.82) is 0 Å². The van der Waals surface area contributed by atoms with E-state index < -0.39 is 0 Å². The molecule has 1 aliphatic rings. The fourth-order valence-corrected chi connectivity index (χ4v) is 2.84. The number of urea groups is 1. The number of morpholine rings is 1. The van der Waals surface area contributed by atoms with Crippen LogP contribution in [0.4, 0.5) is 10.6 Å². The smallest absolute Gasteiger partial charge is 0.323 e. The van der Waals surface area contributed by atoms with E-state index in [0.29, 0.717) is 25.5 Å². The molecule has 0 aliphatic carbocycles. The molecule has 2 aromatic heterocycles. The molecule has 0 aromatic carbocycles. The summed E-state index contributed by atoms with van der Waals surface area (Å²) in [5.41, 5.74) is 1.94. The maximum Gasteiger partial charge on any atom is 0.323 e. The number of carbonyl (C=O) groups excluding carboxylic acids is 1. The Morgan fingerprint density at radius 2 is 2.25 bits per heavy atom. The van der Waals surface area contributed by atoms with Crippen LogP contribution in [0.1, 0.15) is 30.1 Å². The summed E-state index contributed by atoms with van der Waals surface area (Å²) in [6.45, 7) is 8.11. The first kappa shape index (κ1) is 16.4. The van der Waals surface area contributed by atoms with E-state index in [1.807, 2.05) is 37.5 Å². The quantitative estimate of drug-likeness (QED) is 0.929. The maximum atomic E-state index is 12.5. The van der Waals surface area contributed by atoms with Crippen LogP contribution >= 0.6 is 0 Å². The van der Waals surface area contributed by atoms with Crippen molar-refractivity contribution >= 4 is 11.8 Å². The summed E-state index contributed by atoms with van der Waals surface area (Å²) in [7, 11) is 0. The van der Waals surface area contributed by atoms with E-state index in [-0.39, 0.29) is 12.1 Å². The van der Waals surface area contributed by atoms with Gasteiger partial charge in [0.05, 0.1) is 13.2 Å². The number of hydrogen-bond donors (Lipinski definition) is 1. The summed E-state index contributed by atoms with van der Waals surface area (Å²) in [5, 5.41) is 10.9. The molecular formula is C16H22N6O2. The van der Waals surface area contributed by atoms with Crippen molar-refractivity contribution in [2.75, 3.05) is 25.0 Å². The molecule has 1 atom stereocenters. The molecule has 3 rings (SSSR count). The molecule has 0 saturated carbocycles. The van der Waals surface area contributed by atoms with Gasteiger partial charge < -0.3 is 14.2 Å². The number of hydrogen-bond acceptors (Lipinski definition) is 5. The van der Waals surface area contributed by atoms with E-state index in [0.717, 1.165) is 23.6 Å². The van der Waals surface area contributed by atoms with E-state index >= 15 is 0 Å². The van der Waals surface area contributed by atoms with Crippen LogP contribution in [0.3, 0.4) is 0 Å². The minimum atomic E-state index is -0.265. The lowest BCUT2D eigenvalue weighted by Crippen LogP contribution is -2.45. The first-order valence-corrected chi connectivity index (χ1v) is 8.07. The fourth-order valence-electron chi connectivity index (χ4n) is 2.84. The Bertz CT molecular complexity index is 709. The summed E-state index contributed by atoms with van der Waals surface area (Å²) in [4.78, 5) is 18.6. The SMILES string of the molecule is CCn1cnnc1C1CN(C(=O)Nc2cc(C)cc(C)n2)CCO1. The minimum absolute atomic E-state index is 0.177. The molecule has 2 amide bonds. The molecular weight excluding hydrogens is 308 g/mol. The van der Waals surface area contributed by atoms with Crippen LogP contribution in [0.2, 0.25) is 0 Å². The largest absolute Gasteiger partial charge is 0.366 e. The molecule has 1 N–H and O–H groups in total. The van der Waals surface area contributed by atoms with Gasteiger partial charge in [0.25, 0.3) is 0 Å². The lowest BCUT2D eigenvalue weighted by Gasteiger charge is -2.32. The number of ether oxygens (including phenoxy) is 1. The summed E-state index contributed by atoms with van der Waals surface area (Å²) < 4.78 is 7.70. The predicted octanol–water partition coefficient (Wildman–Crippen LogP) is 1.92. The summed E-state index contributed by atoms with van der Waals surface area (Å²) in [6, 6.07) is 3.65. The standard InChI is InChI=1S/C16H22N6O2/c1-4-21-10-17-20-15(21)13-9-22(5-6-24-13)16(23)19-14-8-11(2)7-12(3)18-14/h7-8,10,13H,4-6,9H2,1-3H3,(H,18,19,23). The van der Waals surface area contributed by atoms with Gasteiger partial charge in [0.2, 0.25) is 0 Å². The highest BCUT2D eigenvalue weighted by atomic mass is 16.5. The van der Waals surface area contributed by atoms with Crippen LogP contribution in [-0.4, -0.2) is 50.4 Å². The molecule has 0 radical (unpaired) electrons. The van der Waals surface area contributed by atoms with Gasteiger partial charge >= 0.3 is 6.03 Å². The summed E-state index contributed by atoms with van der Waals surface area (Å²) in [5.74, 6) is 1.32. The fraction of sp³-hybridized carbons (Fsp3) is 0.500. The van der Waals surface area contributed by atoms with Gasteiger partial charge in [-0.1, -0.05) is 0 Å². The van der Waals surface area contributed by atoms with Gasteiger partial charge in [0.15, 0.2) is 5.82 Å². The van der Waals surface area contributed by atoms with E-state index in [1.165, 1.54) is 0 Å². The summed E-state index contributed by atoms with van der Waals surface area (Å²) >= 11 is 0. The zero-order chi connectivity index (χ0) is 17.1.